The summed E-state index contributed by atoms with van der Waals surface area (Å²) in [6.07, 6.45) is 3.13. The average molecular weight is 365 g/mol. The minimum absolute atomic E-state index is 0.196. The summed E-state index contributed by atoms with van der Waals surface area (Å²) in [5.41, 5.74) is 5.81. The second-order valence-electron chi connectivity index (χ2n) is 5.44. The zero-order valence-electron chi connectivity index (χ0n) is 11.2. The van der Waals surface area contributed by atoms with E-state index >= 15 is 0 Å². The van der Waals surface area contributed by atoms with Gasteiger partial charge in [0.15, 0.2) is 0 Å². The maximum Gasteiger partial charge on any atom is 0.243 e. The minimum atomic E-state index is -3.86. The number of anilines is 1. The summed E-state index contributed by atoms with van der Waals surface area (Å²) in [7, 11) is -3.86. The molecular formula is C13H18BrFN2O2S. The second kappa shape index (κ2) is 5.99. The van der Waals surface area contributed by atoms with Crippen molar-refractivity contribution >= 4 is 31.6 Å². The maximum absolute atomic E-state index is 13.8. The van der Waals surface area contributed by atoms with Gasteiger partial charge in [-0.1, -0.05) is 13.3 Å². The van der Waals surface area contributed by atoms with E-state index in [1.54, 1.807) is 0 Å². The molecule has 0 radical (unpaired) electrons. The van der Waals surface area contributed by atoms with E-state index in [0.29, 0.717) is 22.9 Å². The van der Waals surface area contributed by atoms with Gasteiger partial charge < -0.3 is 5.73 Å². The molecule has 112 valence electrons. The van der Waals surface area contributed by atoms with E-state index < -0.39 is 20.7 Å². The van der Waals surface area contributed by atoms with Crippen molar-refractivity contribution in [3.05, 3.63) is 22.4 Å². The first kappa shape index (κ1) is 15.7. The van der Waals surface area contributed by atoms with Gasteiger partial charge in [0.25, 0.3) is 0 Å². The molecule has 0 amide bonds. The molecular weight excluding hydrogens is 347 g/mol. The number of nitrogens with two attached hydrogens (primary N) is 1. The van der Waals surface area contributed by atoms with Gasteiger partial charge in [-0.15, -0.1) is 0 Å². The molecule has 0 heterocycles. The predicted molar refractivity (Wildman–Crippen MR) is 80.2 cm³/mol. The quantitative estimate of drug-likeness (QED) is 0.806. The third-order valence-electron chi connectivity index (χ3n) is 3.71. The summed E-state index contributed by atoms with van der Waals surface area (Å²) in [6.45, 7) is 2.51. The van der Waals surface area contributed by atoms with E-state index in [1.165, 1.54) is 0 Å². The van der Waals surface area contributed by atoms with E-state index in [4.69, 9.17) is 5.73 Å². The van der Waals surface area contributed by atoms with E-state index in [-0.39, 0.29) is 5.69 Å². The first-order valence-electron chi connectivity index (χ1n) is 6.54. The number of hydrogen-bond donors (Lipinski definition) is 2. The van der Waals surface area contributed by atoms with Crippen molar-refractivity contribution in [1.29, 1.82) is 0 Å². The molecule has 2 atom stereocenters. The summed E-state index contributed by atoms with van der Waals surface area (Å²) in [4.78, 5) is -0.399. The Bertz CT molecular complexity index is 607. The van der Waals surface area contributed by atoms with Crippen LogP contribution in [0.1, 0.15) is 26.2 Å². The zero-order chi connectivity index (χ0) is 14.9. The van der Waals surface area contributed by atoms with Crippen molar-refractivity contribution in [3.8, 4) is 0 Å². The SMILES string of the molecule is CC1CCC(CNS(=O)(=O)c2cc(N)c(Br)cc2F)C1. The third kappa shape index (κ3) is 3.51. The first-order valence-corrected chi connectivity index (χ1v) is 8.81. The number of rotatable bonds is 4. The van der Waals surface area contributed by atoms with Crippen LogP contribution >= 0.6 is 15.9 Å². The molecule has 1 aromatic carbocycles. The molecule has 2 unspecified atom stereocenters. The molecule has 3 N–H and O–H groups in total. The highest BCUT2D eigenvalue weighted by molar-refractivity contribution is 9.10. The lowest BCUT2D eigenvalue weighted by molar-refractivity contribution is 0.495. The molecule has 1 fully saturated rings. The first-order chi connectivity index (χ1) is 9.29. The summed E-state index contributed by atoms with van der Waals surface area (Å²) < 4.78 is 40.9. The Hall–Kier alpha value is -0.660. The molecule has 0 aliphatic heterocycles. The van der Waals surface area contributed by atoms with E-state index in [2.05, 4.69) is 27.6 Å². The largest absolute Gasteiger partial charge is 0.398 e. The molecule has 0 saturated heterocycles. The van der Waals surface area contributed by atoms with Gasteiger partial charge in [0.05, 0.1) is 0 Å². The van der Waals surface area contributed by atoms with Crippen LogP contribution in [0.3, 0.4) is 0 Å². The van der Waals surface area contributed by atoms with Gasteiger partial charge in [0.1, 0.15) is 10.7 Å². The van der Waals surface area contributed by atoms with Crippen molar-refractivity contribution < 1.29 is 12.8 Å². The van der Waals surface area contributed by atoms with E-state index in [0.717, 1.165) is 31.4 Å². The van der Waals surface area contributed by atoms with Crippen molar-refractivity contribution in [2.24, 2.45) is 11.8 Å². The fourth-order valence-electron chi connectivity index (χ4n) is 2.57. The van der Waals surface area contributed by atoms with Crippen molar-refractivity contribution in [1.82, 2.24) is 4.72 Å². The Labute approximate surface area is 127 Å². The summed E-state index contributed by atoms with van der Waals surface area (Å²) in [6, 6.07) is 2.21. The van der Waals surface area contributed by atoms with Gasteiger partial charge in [0.2, 0.25) is 10.0 Å². The highest BCUT2D eigenvalue weighted by Crippen LogP contribution is 2.30. The topological polar surface area (TPSA) is 72.2 Å². The molecule has 1 aromatic rings. The van der Waals surface area contributed by atoms with Crippen LogP contribution < -0.4 is 10.5 Å². The monoisotopic (exact) mass is 364 g/mol. The average Bonchev–Trinajstić information content (AvgIpc) is 2.77. The number of nitrogens with one attached hydrogen (secondary N) is 1. The van der Waals surface area contributed by atoms with Crippen LogP contribution in [0.4, 0.5) is 10.1 Å². The molecule has 1 saturated carbocycles. The molecule has 4 nitrogen and oxygen atoms in total. The zero-order valence-corrected chi connectivity index (χ0v) is 13.6. The fourth-order valence-corrected chi connectivity index (χ4v) is 4.09. The molecule has 0 aromatic heterocycles. The van der Waals surface area contributed by atoms with Crippen LogP contribution in [0.5, 0.6) is 0 Å². The molecule has 1 aliphatic carbocycles. The molecule has 20 heavy (non-hydrogen) atoms. The lowest BCUT2D eigenvalue weighted by Crippen LogP contribution is -2.29. The Morgan fingerprint density at radius 2 is 2.15 bits per heavy atom. The lowest BCUT2D eigenvalue weighted by Gasteiger charge is -2.13. The number of halogens is 2. The van der Waals surface area contributed by atoms with Crippen molar-refractivity contribution in [3.63, 3.8) is 0 Å². The van der Waals surface area contributed by atoms with Crippen LogP contribution in [0, 0.1) is 17.7 Å². The number of sulfonamides is 1. The fraction of sp³-hybridized carbons (Fsp3) is 0.538. The van der Waals surface area contributed by atoms with E-state index in [9.17, 15) is 12.8 Å². The Morgan fingerprint density at radius 3 is 2.75 bits per heavy atom. The molecule has 0 spiro atoms. The van der Waals surface area contributed by atoms with Crippen LogP contribution in [0.25, 0.3) is 0 Å². The van der Waals surface area contributed by atoms with Gasteiger partial charge in [-0.2, -0.15) is 0 Å². The molecule has 1 aliphatic rings. The third-order valence-corrected chi connectivity index (χ3v) is 5.83. The number of hydrogen-bond acceptors (Lipinski definition) is 3. The summed E-state index contributed by atoms with van der Waals surface area (Å²) in [5, 5.41) is 0. The van der Waals surface area contributed by atoms with Gasteiger partial charge >= 0.3 is 0 Å². The van der Waals surface area contributed by atoms with Crippen molar-refractivity contribution in [2.45, 2.75) is 31.1 Å². The predicted octanol–water partition coefficient (Wildman–Crippen LogP) is 2.88. The van der Waals surface area contributed by atoms with Crippen LogP contribution in [-0.2, 0) is 10.0 Å². The molecule has 7 heteroatoms. The summed E-state index contributed by atoms with van der Waals surface area (Å²) in [5.74, 6) is 0.151. The van der Waals surface area contributed by atoms with Gasteiger partial charge in [-0.25, -0.2) is 17.5 Å². The second-order valence-corrected chi connectivity index (χ2v) is 8.03. The van der Waals surface area contributed by atoms with Gasteiger partial charge in [0, 0.05) is 16.7 Å². The van der Waals surface area contributed by atoms with Crippen LogP contribution in [-0.4, -0.2) is 15.0 Å². The van der Waals surface area contributed by atoms with Gasteiger partial charge in [-0.05, 0) is 52.7 Å². The maximum atomic E-state index is 13.8. The normalized spacial score (nSPS) is 23.1. The Morgan fingerprint density at radius 1 is 1.45 bits per heavy atom. The summed E-state index contributed by atoms with van der Waals surface area (Å²) >= 11 is 3.07. The Kier molecular flexibility index (Phi) is 4.71. The van der Waals surface area contributed by atoms with Crippen LogP contribution in [0.2, 0.25) is 0 Å². The molecule has 0 bridgehead atoms. The Balaban J connectivity index is 2.12. The molecule has 2 rings (SSSR count). The lowest BCUT2D eigenvalue weighted by atomic mass is 10.1. The smallest absolute Gasteiger partial charge is 0.243 e. The number of nitrogen functional groups attached to an aromatic ring is 1. The van der Waals surface area contributed by atoms with E-state index in [1.807, 2.05) is 0 Å². The van der Waals surface area contributed by atoms with Crippen molar-refractivity contribution in [2.75, 3.05) is 12.3 Å². The standard InChI is InChI=1S/C13H18BrFN2O2S/c1-8-2-3-9(4-8)7-17-20(18,19)13-6-12(16)10(14)5-11(13)15/h5-6,8-9,17H,2-4,7,16H2,1H3. The number of benzene rings is 1. The minimum Gasteiger partial charge on any atom is -0.398 e. The van der Waals surface area contributed by atoms with Gasteiger partial charge in [-0.3, -0.25) is 0 Å². The highest BCUT2D eigenvalue weighted by Gasteiger charge is 2.25. The highest BCUT2D eigenvalue weighted by atomic mass is 79.9. The van der Waals surface area contributed by atoms with Crippen LogP contribution in [0.15, 0.2) is 21.5 Å².